The van der Waals surface area contributed by atoms with Crippen molar-refractivity contribution in [1.29, 1.82) is 0 Å². The molecular formula is C13H17N5O3. The summed E-state index contributed by atoms with van der Waals surface area (Å²) in [7, 11) is 0. The number of anilines is 1. The number of nitrogens with zero attached hydrogens (tertiary/aromatic N) is 4. The van der Waals surface area contributed by atoms with Gasteiger partial charge in [0.25, 0.3) is 0 Å². The van der Waals surface area contributed by atoms with Crippen molar-refractivity contribution in [2.45, 2.75) is 45.1 Å². The van der Waals surface area contributed by atoms with Gasteiger partial charge in [0.1, 0.15) is 17.9 Å². The number of carbonyl (C=O) groups excluding carboxylic acids is 1. The van der Waals surface area contributed by atoms with E-state index in [2.05, 4.69) is 15.0 Å². The van der Waals surface area contributed by atoms with Crippen LogP contribution in [0.3, 0.4) is 0 Å². The summed E-state index contributed by atoms with van der Waals surface area (Å²) >= 11 is 0. The molecule has 0 aromatic carbocycles. The molecule has 0 bridgehead atoms. The van der Waals surface area contributed by atoms with E-state index in [-0.39, 0.29) is 18.2 Å². The first-order valence-electron chi connectivity index (χ1n) is 6.85. The highest BCUT2D eigenvalue weighted by Gasteiger charge is 2.38. The lowest BCUT2D eigenvalue weighted by Gasteiger charge is -2.19. The third-order valence-electron chi connectivity index (χ3n) is 3.58. The molecule has 8 nitrogen and oxygen atoms in total. The van der Waals surface area contributed by atoms with E-state index in [0.717, 1.165) is 6.42 Å². The molecule has 1 aliphatic heterocycles. The zero-order chi connectivity index (χ0) is 15.0. The molecular weight excluding hydrogens is 274 g/mol. The molecule has 1 fully saturated rings. The largest absolute Gasteiger partial charge is 0.458 e. The van der Waals surface area contributed by atoms with Crippen LogP contribution in [0, 0.1) is 0 Å². The predicted molar refractivity (Wildman–Crippen MR) is 74.1 cm³/mol. The molecule has 0 radical (unpaired) electrons. The summed E-state index contributed by atoms with van der Waals surface area (Å²) in [5.41, 5.74) is 6.87. The maximum Gasteiger partial charge on any atom is 0.303 e. The molecule has 3 atom stereocenters. The van der Waals surface area contributed by atoms with Gasteiger partial charge < -0.3 is 15.2 Å². The summed E-state index contributed by atoms with van der Waals surface area (Å²) < 4.78 is 13.1. The second kappa shape index (κ2) is 5.28. The van der Waals surface area contributed by atoms with Crippen molar-refractivity contribution in [2.24, 2.45) is 0 Å². The van der Waals surface area contributed by atoms with E-state index in [1.165, 1.54) is 13.3 Å². The molecule has 2 N–H and O–H groups in total. The van der Waals surface area contributed by atoms with Gasteiger partial charge in [0, 0.05) is 13.3 Å². The molecule has 3 heterocycles. The van der Waals surface area contributed by atoms with Gasteiger partial charge in [-0.25, -0.2) is 15.0 Å². The molecule has 0 aliphatic carbocycles. The molecule has 21 heavy (non-hydrogen) atoms. The SMILES string of the molecule is CC[C@@H]1C[C@H](OC(C)=O)[C@H](n2cnc3c(N)ncnc32)O1. The Balaban J connectivity index is 1.99. The van der Waals surface area contributed by atoms with Crippen LogP contribution >= 0.6 is 0 Å². The maximum atomic E-state index is 11.3. The topological polar surface area (TPSA) is 105 Å². The Morgan fingerprint density at radius 3 is 3.05 bits per heavy atom. The third-order valence-corrected chi connectivity index (χ3v) is 3.58. The second-order valence-electron chi connectivity index (χ2n) is 5.02. The number of imidazole rings is 1. The van der Waals surface area contributed by atoms with Gasteiger partial charge in [0.15, 0.2) is 17.7 Å². The molecule has 0 amide bonds. The van der Waals surface area contributed by atoms with Crippen molar-refractivity contribution in [3.63, 3.8) is 0 Å². The quantitative estimate of drug-likeness (QED) is 0.842. The van der Waals surface area contributed by atoms with Crippen LogP contribution in [-0.4, -0.2) is 37.7 Å². The Kier molecular flexibility index (Phi) is 3.46. The van der Waals surface area contributed by atoms with Gasteiger partial charge in [-0.3, -0.25) is 9.36 Å². The lowest BCUT2D eigenvalue weighted by molar-refractivity contribution is -0.152. The minimum Gasteiger partial charge on any atom is -0.458 e. The number of nitrogens with two attached hydrogens (primary N) is 1. The lowest BCUT2D eigenvalue weighted by atomic mass is 10.1. The number of ether oxygens (including phenoxy) is 2. The Bertz CT molecular complexity index is 671. The molecule has 8 heteroatoms. The van der Waals surface area contributed by atoms with Crippen molar-refractivity contribution in [1.82, 2.24) is 19.5 Å². The van der Waals surface area contributed by atoms with Gasteiger partial charge in [-0.2, -0.15) is 0 Å². The first-order chi connectivity index (χ1) is 10.1. The average Bonchev–Trinajstić information content (AvgIpc) is 3.02. The maximum absolute atomic E-state index is 11.3. The number of esters is 1. The number of rotatable bonds is 3. The van der Waals surface area contributed by atoms with Gasteiger partial charge >= 0.3 is 5.97 Å². The van der Waals surface area contributed by atoms with Crippen molar-refractivity contribution in [3.05, 3.63) is 12.7 Å². The van der Waals surface area contributed by atoms with Crippen molar-refractivity contribution in [2.75, 3.05) is 5.73 Å². The number of hydrogen-bond donors (Lipinski definition) is 1. The summed E-state index contributed by atoms with van der Waals surface area (Å²) in [5, 5.41) is 0. The van der Waals surface area contributed by atoms with Crippen molar-refractivity contribution >= 4 is 23.0 Å². The number of aromatic nitrogens is 4. The smallest absolute Gasteiger partial charge is 0.303 e. The molecule has 3 rings (SSSR count). The van der Waals surface area contributed by atoms with Crippen LogP contribution in [0.5, 0.6) is 0 Å². The highest BCUT2D eigenvalue weighted by atomic mass is 16.6. The van der Waals surface area contributed by atoms with Gasteiger partial charge in [-0.05, 0) is 6.42 Å². The zero-order valence-electron chi connectivity index (χ0n) is 11.9. The van der Waals surface area contributed by atoms with Gasteiger partial charge in [-0.1, -0.05) is 6.92 Å². The van der Waals surface area contributed by atoms with Crippen LogP contribution in [0.25, 0.3) is 11.2 Å². The van der Waals surface area contributed by atoms with Crippen LogP contribution in [0.4, 0.5) is 5.82 Å². The minimum absolute atomic E-state index is 0.0379. The van der Waals surface area contributed by atoms with E-state index in [1.54, 1.807) is 10.9 Å². The molecule has 0 saturated carbocycles. The summed E-state index contributed by atoms with van der Waals surface area (Å²) in [4.78, 5) is 23.6. The van der Waals surface area contributed by atoms with E-state index >= 15 is 0 Å². The first kappa shape index (κ1) is 13.7. The zero-order valence-corrected chi connectivity index (χ0v) is 11.9. The first-order valence-corrected chi connectivity index (χ1v) is 6.85. The van der Waals surface area contributed by atoms with E-state index in [9.17, 15) is 4.79 Å². The Hall–Kier alpha value is -2.22. The summed E-state index contributed by atoms with van der Waals surface area (Å²) in [5.74, 6) is -0.0169. The van der Waals surface area contributed by atoms with Crippen LogP contribution in [0.1, 0.15) is 32.9 Å². The van der Waals surface area contributed by atoms with Gasteiger partial charge in [0.05, 0.1) is 12.4 Å². The van der Waals surface area contributed by atoms with Gasteiger partial charge in [-0.15, -0.1) is 0 Å². The molecule has 112 valence electrons. The van der Waals surface area contributed by atoms with Crippen LogP contribution < -0.4 is 5.73 Å². The van der Waals surface area contributed by atoms with E-state index < -0.39 is 6.23 Å². The molecule has 2 aromatic heterocycles. The van der Waals surface area contributed by atoms with E-state index in [0.29, 0.717) is 23.4 Å². The Morgan fingerprint density at radius 2 is 2.33 bits per heavy atom. The van der Waals surface area contributed by atoms with Crippen molar-refractivity contribution < 1.29 is 14.3 Å². The van der Waals surface area contributed by atoms with Crippen LogP contribution in [-0.2, 0) is 14.3 Å². The molecule has 2 aromatic rings. The number of hydrogen-bond acceptors (Lipinski definition) is 7. The average molecular weight is 291 g/mol. The summed E-state index contributed by atoms with van der Waals surface area (Å²) in [6, 6.07) is 0. The lowest BCUT2D eigenvalue weighted by Crippen LogP contribution is -2.24. The van der Waals surface area contributed by atoms with Crippen LogP contribution in [0.15, 0.2) is 12.7 Å². The highest BCUT2D eigenvalue weighted by molar-refractivity contribution is 5.81. The summed E-state index contributed by atoms with van der Waals surface area (Å²) in [6.45, 7) is 3.42. The molecule has 0 unspecified atom stereocenters. The number of carbonyl (C=O) groups is 1. The highest BCUT2D eigenvalue weighted by Crippen LogP contribution is 2.34. The monoisotopic (exact) mass is 291 g/mol. The predicted octanol–water partition coefficient (Wildman–Crippen LogP) is 1.04. The molecule has 1 saturated heterocycles. The number of nitrogen functional groups attached to an aromatic ring is 1. The van der Waals surface area contributed by atoms with E-state index in [4.69, 9.17) is 15.2 Å². The normalized spacial score (nSPS) is 25.3. The third kappa shape index (κ3) is 2.42. The Morgan fingerprint density at radius 1 is 1.52 bits per heavy atom. The summed E-state index contributed by atoms with van der Waals surface area (Å²) in [6.07, 6.45) is 3.70. The fourth-order valence-corrected chi connectivity index (χ4v) is 2.60. The second-order valence-corrected chi connectivity index (χ2v) is 5.02. The van der Waals surface area contributed by atoms with E-state index in [1.807, 2.05) is 6.92 Å². The fourth-order valence-electron chi connectivity index (χ4n) is 2.60. The fraction of sp³-hybridized carbons (Fsp3) is 0.538. The number of fused-ring (bicyclic) bond motifs is 1. The van der Waals surface area contributed by atoms with Crippen LogP contribution in [0.2, 0.25) is 0 Å². The van der Waals surface area contributed by atoms with Gasteiger partial charge in [0.2, 0.25) is 0 Å². The Labute approximate surface area is 121 Å². The van der Waals surface area contributed by atoms with Crippen molar-refractivity contribution in [3.8, 4) is 0 Å². The molecule has 1 aliphatic rings. The molecule has 0 spiro atoms. The minimum atomic E-state index is -0.446. The standard InChI is InChI=1S/C13H17N5O3/c1-3-8-4-9(20-7(2)19)13(21-8)18-6-17-10-11(14)15-5-16-12(10)18/h5-6,8-9,13H,3-4H2,1-2H3,(H2,14,15,16)/t8-,9+,13-/m1/s1.